The number of carbonyl (C=O) groups excluding carboxylic acids is 1. The molecule has 0 saturated carbocycles. The number of para-hydroxylation sites is 1. The maximum Gasteiger partial charge on any atom is 0.291 e. The smallest absolute Gasteiger partial charge is 0.291 e. The van der Waals surface area contributed by atoms with Crippen molar-refractivity contribution < 1.29 is 13.9 Å². The fourth-order valence-corrected chi connectivity index (χ4v) is 2.66. The molecule has 1 N–H and O–H groups in total. The zero-order valence-corrected chi connectivity index (χ0v) is 12.9. The van der Waals surface area contributed by atoms with Gasteiger partial charge in [-0.15, -0.1) is 0 Å². The highest BCUT2D eigenvalue weighted by Gasteiger charge is 2.15. The molecule has 0 radical (unpaired) electrons. The van der Waals surface area contributed by atoms with E-state index in [1.54, 1.807) is 25.4 Å². The molecule has 118 valence electrons. The van der Waals surface area contributed by atoms with Crippen LogP contribution in [0.1, 0.15) is 10.6 Å². The van der Waals surface area contributed by atoms with Gasteiger partial charge in [-0.25, -0.2) is 0 Å². The van der Waals surface area contributed by atoms with Gasteiger partial charge in [0.2, 0.25) is 0 Å². The summed E-state index contributed by atoms with van der Waals surface area (Å²) in [5, 5.41) is 4.63. The standard InChI is InChI=1S/C19H14N2O3/c1-23-16-6-2-4-13-11-17(24-18(13)16)19(22)21-14-7-8-15-12(10-14)5-3-9-20-15/h2-11H,1H3,(H,21,22). The predicted octanol–water partition coefficient (Wildman–Crippen LogP) is 4.24. The first-order valence-corrected chi connectivity index (χ1v) is 7.47. The second-order valence-electron chi connectivity index (χ2n) is 5.35. The highest BCUT2D eigenvalue weighted by Crippen LogP contribution is 2.29. The number of carbonyl (C=O) groups is 1. The molecule has 0 aliphatic rings. The summed E-state index contributed by atoms with van der Waals surface area (Å²) in [6.45, 7) is 0. The largest absolute Gasteiger partial charge is 0.493 e. The second kappa shape index (κ2) is 5.70. The van der Waals surface area contributed by atoms with Gasteiger partial charge in [-0.1, -0.05) is 18.2 Å². The lowest BCUT2D eigenvalue weighted by Gasteiger charge is -2.04. The Morgan fingerprint density at radius 3 is 2.83 bits per heavy atom. The second-order valence-corrected chi connectivity index (χ2v) is 5.35. The van der Waals surface area contributed by atoms with Crippen molar-refractivity contribution in [2.24, 2.45) is 0 Å². The first kappa shape index (κ1) is 14.3. The Kier molecular flexibility index (Phi) is 3.39. The van der Waals surface area contributed by atoms with Gasteiger partial charge in [0.15, 0.2) is 17.1 Å². The highest BCUT2D eigenvalue weighted by atomic mass is 16.5. The van der Waals surface area contributed by atoms with E-state index in [9.17, 15) is 4.79 Å². The van der Waals surface area contributed by atoms with Gasteiger partial charge in [-0.3, -0.25) is 9.78 Å². The van der Waals surface area contributed by atoms with Gasteiger partial charge in [0.1, 0.15) is 0 Å². The molecule has 4 aromatic rings. The first-order chi connectivity index (χ1) is 11.7. The molecule has 0 atom stereocenters. The van der Waals surface area contributed by atoms with Crippen LogP contribution >= 0.6 is 0 Å². The van der Waals surface area contributed by atoms with Crippen molar-refractivity contribution >= 4 is 33.5 Å². The molecule has 0 unspecified atom stereocenters. The number of amides is 1. The molecule has 5 heteroatoms. The van der Waals surface area contributed by atoms with Gasteiger partial charge in [-0.05, 0) is 36.4 Å². The topological polar surface area (TPSA) is 64.4 Å². The minimum Gasteiger partial charge on any atom is -0.493 e. The summed E-state index contributed by atoms with van der Waals surface area (Å²) in [4.78, 5) is 16.7. The molecule has 2 heterocycles. The lowest BCUT2D eigenvalue weighted by atomic mass is 10.2. The number of pyridine rings is 1. The molecular formula is C19H14N2O3. The first-order valence-electron chi connectivity index (χ1n) is 7.47. The minimum absolute atomic E-state index is 0.237. The number of benzene rings is 2. The van der Waals surface area contributed by atoms with Crippen molar-refractivity contribution in [3.05, 3.63) is 66.6 Å². The van der Waals surface area contributed by atoms with Gasteiger partial charge in [0.25, 0.3) is 5.91 Å². The van der Waals surface area contributed by atoms with Crippen LogP contribution in [-0.4, -0.2) is 18.0 Å². The summed E-state index contributed by atoms with van der Waals surface area (Å²) >= 11 is 0. The average molecular weight is 318 g/mol. The molecule has 2 aromatic carbocycles. The van der Waals surface area contributed by atoms with E-state index in [2.05, 4.69) is 10.3 Å². The van der Waals surface area contributed by atoms with Crippen molar-refractivity contribution in [3.63, 3.8) is 0 Å². The van der Waals surface area contributed by atoms with E-state index in [0.29, 0.717) is 17.0 Å². The number of ether oxygens (including phenoxy) is 1. The van der Waals surface area contributed by atoms with Gasteiger partial charge >= 0.3 is 0 Å². The van der Waals surface area contributed by atoms with Gasteiger partial charge in [-0.2, -0.15) is 0 Å². The molecule has 1 amide bonds. The van der Waals surface area contributed by atoms with Gasteiger partial charge < -0.3 is 14.5 Å². The monoisotopic (exact) mass is 318 g/mol. The van der Waals surface area contributed by atoms with Crippen LogP contribution in [0.2, 0.25) is 0 Å². The van der Waals surface area contributed by atoms with Crippen LogP contribution in [0.3, 0.4) is 0 Å². The van der Waals surface area contributed by atoms with E-state index in [-0.39, 0.29) is 11.7 Å². The fourth-order valence-electron chi connectivity index (χ4n) is 2.66. The van der Waals surface area contributed by atoms with Crippen LogP contribution in [0.15, 0.2) is 65.2 Å². The molecule has 0 spiro atoms. The number of nitrogens with zero attached hydrogens (tertiary/aromatic N) is 1. The Morgan fingerprint density at radius 2 is 1.96 bits per heavy atom. The highest BCUT2D eigenvalue weighted by molar-refractivity contribution is 6.05. The number of aromatic nitrogens is 1. The molecule has 0 fully saturated rings. The minimum atomic E-state index is -0.309. The Balaban J connectivity index is 1.65. The normalized spacial score (nSPS) is 10.9. The van der Waals surface area contributed by atoms with Crippen LogP contribution in [0.4, 0.5) is 5.69 Å². The third kappa shape index (κ3) is 2.46. The molecule has 5 nitrogen and oxygen atoms in total. The average Bonchev–Trinajstić information content (AvgIpc) is 3.06. The Hall–Kier alpha value is -3.34. The maximum atomic E-state index is 12.5. The number of anilines is 1. The van der Waals surface area contributed by atoms with E-state index in [0.717, 1.165) is 16.3 Å². The number of nitrogens with one attached hydrogen (secondary N) is 1. The van der Waals surface area contributed by atoms with Crippen LogP contribution in [-0.2, 0) is 0 Å². The lowest BCUT2D eigenvalue weighted by molar-refractivity contribution is 0.0998. The molecule has 0 bridgehead atoms. The van der Waals surface area contributed by atoms with Crippen molar-refractivity contribution in [1.82, 2.24) is 4.98 Å². The summed E-state index contributed by atoms with van der Waals surface area (Å²) in [6.07, 6.45) is 1.74. The molecule has 0 aliphatic heterocycles. The fraction of sp³-hybridized carbons (Fsp3) is 0.0526. The van der Waals surface area contributed by atoms with Gasteiger partial charge in [0.05, 0.1) is 12.6 Å². The van der Waals surface area contributed by atoms with Crippen molar-refractivity contribution in [3.8, 4) is 5.75 Å². The van der Waals surface area contributed by atoms with Crippen LogP contribution in [0, 0.1) is 0 Å². The number of rotatable bonds is 3. The van der Waals surface area contributed by atoms with Gasteiger partial charge in [0, 0.05) is 22.7 Å². The SMILES string of the molecule is COc1cccc2cc(C(=O)Nc3ccc4ncccc4c3)oc12. The third-order valence-corrected chi connectivity index (χ3v) is 3.81. The van der Waals surface area contributed by atoms with E-state index in [4.69, 9.17) is 9.15 Å². The molecule has 4 rings (SSSR count). The molecular weight excluding hydrogens is 304 g/mol. The maximum absolute atomic E-state index is 12.5. The van der Waals surface area contributed by atoms with Crippen LogP contribution in [0.25, 0.3) is 21.9 Å². The van der Waals surface area contributed by atoms with E-state index < -0.39 is 0 Å². The number of hydrogen-bond acceptors (Lipinski definition) is 4. The number of hydrogen-bond donors (Lipinski definition) is 1. The number of methoxy groups -OCH3 is 1. The van der Waals surface area contributed by atoms with E-state index >= 15 is 0 Å². The molecule has 24 heavy (non-hydrogen) atoms. The summed E-state index contributed by atoms with van der Waals surface area (Å²) in [5.41, 5.74) is 2.13. The van der Waals surface area contributed by atoms with Crippen LogP contribution in [0.5, 0.6) is 5.75 Å². The summed E-state index contributed by atoms with van der Waals surface area (Å²) in [7, 11) is 1.57. The Labute approximate surface area is 137 Å². The molecule has 2 aromatic heterocycles. The lowest BCUT2D eigenvalue weighted by Crippen LogP contribution is -2.10. The van der Waals surface area contributed by atoms with Crippen molar-refractivity contribution in [2.75, 3.05) is 12.4 Å². The zero-order valence-electron chi connectivity index (χ0n) is 12.9. The predicted molar refractivity (Wildman–Crippen MR) is 92.5 cm³/mol. The number of furan rings is 1. The van der Waals surface area contributed by atoms with Crippen molar-refractivity contribution in [2.45, 2.75) is 0 Å². The summed E-state index contributed by atoms with van der Waals surface area (Å²) in [5.74, 6) is 0.528. The zero-order chi connectivity index (χ0) is 16.5. The quantitative estimate of drug-likeness (QED) is 0.613. The van der Waals surface area contributed by atoms with Crippen molar-refractivity contribution in [1.29, 1.82) is 0 Å². The third-order valence-electron chi connectivity index (χ3n) is 3.81. The van der Waals surface area contributed by atoms with E-state index in [1.807, 2.05) is 42.5 Å². The summed E-state index contributed by atoms with van der Waals surface area (Å²) in [6, 6.07) is 16.6. The summed E-state index contributed by atoms with van der Waals surface area (Å²) < 4.78 is 10.9. The molecule has 0 aliphatic carbocycles. The Morgan fingerprint density at radius 1 is 1.08 bits per heavy atom. The Bertz CT molecular complexity index is 1050. The van der Waals surface area contributed by atoms with E-state index in [1.165, 1.54) is 0 Å². The number of fused-ring (bicyclic) bond motifs is 2. The van der Waals surface area contributed by atoms with Crippen LogP contribution < -0.4 is 10.1 Å². The molecule has 0 saturated heterocycles.